The maximum absolute atomic E-state index is 13.2. The fraction of sp³-hybridized carbons (Fsp3) is 0.429. The minimum atomic E-state index is -4.39. The van der Waals surface area contributed by atoms with Crippen molar-refractivity contribution in [2.45, 2.75) is 26.1 Å². The van der Waals surface area contributed by atoms with Crippen LogP contribution in [0.3, 0.4) is 0 Å². The lowest BCUT2D eigenvalue weighted by molar-refractivity contribution is -0.137. The van der Waals surface area contributed by atoms with E-state index in [-0.39, 0.29) is 23.8 Å². The highest BCUT2D eigenvalue weighted by molar-refractivity contribution is 5.74. The average molecular weight is 389 g/mol. The highest BCUT2D eigenvalue weighted by atomic mass is 19.4. The van der Waals surface area contributed by atoms with Crippen molar-refractivity contribution in [3.05, 3.63) is 59.3 Å². The number of hydrogen-bond donors (Lipinski definition) is 0. The van der Waals surface area contributed by atoms with Gasteiger partial charge in [-0.15, -0.1) is 0 Å². The zero-order valence-electron chi connectivity index (χ0n) is 15.8. The van der Waals surface area contributed by atoms with Gasteiger partial charge < -0.3 is 9.80 Å². The van der Waals surface area contributed by atoms with Gasteiger partial charge in [-0.25, -0.2) is 4.98 Å². The average Bonchev–Trinajstić information content (AvgIpc) is 3.19. The second-order valence-corrected chi connectivity index (χ2v) is 7.71. The van der Waals surface area contributed by atoms with Gasteiger partial charge in [-0.3, -0.25) is 4.79 Å². The number of hydrogen-bond acceptors (Lipinski definition) is 3. The first kappa shape index (κ1) is 18.8. The van der Waals surface area contributed by atoms with Crippen LogP contribution in [0.25, 0.3) is 0 Å². The largest absolute Gasteiger partial charge is 0.416 e. The van der Waals surface area contributed by atoms with Crippen LogP contribution in [-0.2, 0) is 11.0 Å². The molecule has 1 aromatic carbocycles. The molecule has 2 aliphatic rings. The number of rotatable bonds is 2. The first-order chi connectivity index (χ1) is 13.2. The van der Waals surface area contributed by atoms with E-state index >= 15 is 0 Å². The van der Waals surface area contributed by atoms with Crippen LogP contribution in [0.2, 0.25) is 0 Å². The number of aromatic nitrogens is 1. The lowest BCUT2D eigenvalue weighted by Crippen LogP contribution is -2.34. The van der Waals surface area contributed by atoms with E-state index in [0.29, 0.717) is 31.1 Å². The number of halogens is 3. The highest BCUT2D eigenvalue weighted by Gasteiger charge is 2.48. The molecule has 4 nitrogen and oxygen atoms in total. The highest BCUT2D eigenvalue weighted by Crippen LogP contribution is 2.46. The van der Waals surface area contributed by atoms with Gasteiger partial charge in [-0.1, -0.05) is 30.3 Å². The van der Waals surface area contributed by atoms with Crippen molar-refractivity contribution in [3.8, 4) is 0 Å². The van der Waals surface area contributed by atoms with E-state index in [1.165, 1.54) is 0 Å². The van der Waals surface area contributed by atoms with Crippen LogP contribution >= 0.6 is 0 Å². The Morgan fingerprint density at radius 1 is 1.11 bits per heavy atom. The smallest absolute Gasteiger partial charge is 0.356 e. The molecule has 4 rings (SSSR count). The molecule has 1 amide bonds. The SMILES string of the molecule is CC(=O)N1C[C@H]2CN(c3cc(C(F)(F)F)cc(C)n3)C[C@H]2[C@H]1c1ccccc1. The van der Waals surface area contributed by atoms with Gasteiger partial charge in [0.2, 0.25) is 5.91 Å². The third-order valence-electron chi connectivity index (χ3n) is 5.80. The molecule has 0 spiro atoms. The van der Waals surface area contributed by atoms with Crippen molar-refractivity contribution in [2.24, 2.45) is 11.8 Å². The third-order valence-corrected chi connectivity index (χ3v) is 5.80. The Hall–Kier alpha value is -2.57. The number of benzene rings is 1. The molecule has 2 saturated heterocycles. The summed E-state index contributed by atoms with van der Waals surface area (Å²) < 4.78 is 39.6. The number of nitrogens with zero attached hydrogens (tertiary/aromatic N) is 3. The Morgan fingerprint density at radius 3 is 2.46 bits per heavy atom. The summed E-state index contributed by atoms with van der Waals surface area (Å²) in [7, 11) is 0. The van der Waals surface area contributed by atoms with Crippen LogP contribution in [-0.4, -0.2) is 35.4 Å². The molecule has 1 aromatic heterocycles. The zero-order chi connectivity index (χ0) is 20.1. The topological polar surface area (TPSA) is 36.4 Å². The Morgan fingerprint density at radius 2 is 1.82 bits per heavy atom. The molecule has 0 aliphatic carbocycles. The third kappa shape index (κ3) is 3.34. The molecule has 3 atom stereocenters. The molecule has 0 radical (unpaired) electrons. The van der Waals surface area contributed by atoms with Crippen molar-refractivity contribution in [1.82, 2.24) is 9.88 Å². The fourth-order valence-corrected chi connectivity index (χ4v) is 4.61. The van der Waals surface area contributed by atoms with Gasteiger partial charge in [0.15, 0.2) is 0 Å². The quantitative estimate of drug-likeness (QED) is 0.777. The number of carbonyl (C=O) groups excluding carboxylic acids is 1. The van der Waals surface area contributed by atoms with E-state index in [1.54, 1.807) is 13.8 Å². The number of fused-ring (bicyclic) bond motifs is 1. The summed E-state index contributed by atoms with van der Waals surface area (Å²) in [5, 5.41) is 0. The van der Waals surface area contributed by atoms with Crippen molar-refractivity contribution in [1.29, 1.82) is 0 Å². The molecule has 7 heteroatoms. The minimum absolute atomic E-state index is 0.0304. The van der Waals surface area contributed by atoms with E-state index in [2.05, 4.69) is 4.98 Å². The molecule has 148 valence electrons. The number of likely N-dealkylation sites (tertiary alicyclic amines) is 1. The van der Waals surface area contributed by atoms with Gasteiger partial charge in [0, 0.05) is 44.1 Å². The Bertz CT molecular complexity index is 884. The van der Waals surface area contributed by atoms with Crippen LogP contribution in [0, 0.1) is 18.8 Å². The Balaban J connectivity index is 1.64. The maximum atomic E-state index is 13.2. The summed E-state index contributed by atoms with van der Waals surface area (Å²) in [6, 6.07) is 12.0. The fourth-order valence-electron chi connectivity index (χ4n) is 4.61. The van der Waals surface area contributed by atoms with Crippen LogP contribution < -0.4 is 4.90 Å². The second kappa shape index (κ2) is 6.79. The first-order valence-electron chi connectivity index (χ1n) is 9.37. The molecule has 3 heterocycles. The lowest BCUT2D eigenvalue weighted by Gasteiger charge is -2.29. The van der Waals surface area contributed by atoms with Gasteiger partial charge in [-0.2, -0.15) is 13.2 Å². The maximum Gasteiger partial charge on any atom is 0.416 e. The number of aryl methyl sites for hydroxylation is 1. The summed E-state index contributed by atoms with van der Waals surface area (Å²) >= 11 is 0. The lowest BCUT2D eigenvalue weighted by atomic mass is 9.89. The van der Waals surface area contributed by atoms with Gasteiger partial charge in [0.05, 0.1) is 11.6 Å². The monoisotopic (exact) mass is 389 g/mol. The van der Waals surface area contributed by atoms with Crippen molar-refractivity contribution in [3.63, 3.8) is 0 Å². The summed E-state index contributed by atoms with van der Waals surface area (Å²) in [5.74, 6) is 0.777. The number of anilines is 1. The summed E-state index contributed by atoms with van der Waals surface area (Å²) in [4.78, 5) is 20.4. The van der Waals surface area contributed by atoms with Crippen molar-refractivity contribution in [2.75, 3.05) is 24.5 Å². The summed E-state index contributed by atoms with van der Waals surface area (Å²) in [5.41, 5.74) is 0.754. The number of pyridine rings is 1. The first-order valence-corrected chi connectivity index (χ1v) is 9.37. The van der Waals surface area contributed by atoms with Crippen molar-refractivity contribution < 1.29 is 18.0 Å². The molecule has 0 bridgehead atoms. The van der Waals surface area contributed by atoms with Crippen LogP contribution in [0.5, 0.6) is 0 Å². The molecule has 0 unspecified atom stereocenters. The van der Waals surface area contributed by atoms with Crippen LogP contribution in [0.1, 0.15) is 29.8 Å². The molecule has 28 heavy (non-hydrogen) atoms. The zero-order valence-corrected chi connectivity index (χ0v) is 15.8. The van der Waals surface area contributed by atoms with E-state index in [9.17, 15) is 18.0 Å². The number of carbonyl (C=O) groups is 1. The van der Waals surface area contributed by atoms with E-state index in [1.807, 2.05) is 40.1 Å². The predicted octanol–water partition coefficient (Wildman–Crippen LogP) is 4.06. The number of alkyl halides is 3. The summed E-state index contributed by atoms with van der Waals surface area (Å²) in [6.07, 6.45) is -4.39. The van der Waals surface area contributed by atoms with E-state index < -0.39 is 11.7 Å². The normalized spacial score (nSPS) is 24.5. The summed E-state index contributed by atoms with van der Waals surface area (Å²) in [6.45, 7) is 4.97. The van der Waals surface area contributed by atoms with Gasteiger partial charge in [0.1, 0.15) is 5.82 Å². The number of amides is 1. The van der Waals surface area contributed by atoms with Crippen LogP contribution in [0.15, 0.2) is 42.5 Å². The predicted molar refractivity (Wildman–Crippen MR) is 99.7 cm³/mol. The molecule has 0 N–H and O–H groups in total. The van der Waals surface area contributed by atoms with Crippen LogP contribution in [0.4, 0.5) is 19.0 Å². The van der Waals surface area contributed by atoms with Gasteiger partial charge >= 0.3 is 6.18 Å². The van der Waals surface area contributed by atoms with Gasteiger partial charge in [0.25, 0.3) is 0 Å². The van der Waals surface area contributed by atoms with E-state index in [0.717, 1.165) is 17.7 Å². The van der Waals surface area contributed by atoms with Crippen molar-refractivity contribution >= 4 is 11.7 Å². The molecule has 2 aromatic rings. The van der Waals surface area contributed by atoms with E-state index in [4.69, 9.17) is 0 Å². The Kier molecular flexibility index (Phi) is 4.56. The molecule has 0 saturated carbocycles. The molecule has 2 fully saturated rings. The molecular formula is C21H22F3N3O. The van der Waals surface area contributed by atoms with Gasteiger partial charge in [-0.05, 0) is 24.6 Å². The molecule has 2 aliphatic heterocycles. The standard InChI is InChI=1S/C21H22F3N3O/c1-13-8-17(21(22,23)24)9-19(25-13)26-10-16-11-27(14(2)28)20(18(16)12-26)15-6-4-3-5-7-15/h3-9,16,18,20H,10-12H2,1-2H3/t16-,18-,20-/m1/s1. The Labute approximate surface area is 162 Å². The molecular weight excluding hydrogens is 367 g/mol. The minimum Gasteiger partial charge on any atom is -0.356 e. The second-order valence-electron chi connectivity index (χ2n) is 7.71.